The van der Waals surface area contributed by atoms with Gasteiger partial charge in [-0.05, 0) is 25.1 Å². The summed E-state index contributed by atoms with van der Waals surface area (Å²) >= 11 is 5.86. The van der Waals surface area contributed by atoms with Crippen LogP contribution in [0, 0.1) is 17.5 Å². The minimum Gasteiger partial charge on any atom is -0.496 e. The van der Waals surface area contributed by atoms with E-state index in [9.17, 15) is 22.8 Å². The molecular weight excluding hydrogens is 389 g/mol. The second-order valence-corrected chi connectivity index (χ2v) is 5.74. The zero-order valence-corrected chi connectivity index (χ0v) is 14.9. The summed E-state index contributed by atoms with van der Waals surface area (Å²) in [6.45, 7) is 1.20. The molecule has 0 spiro atoms. The van der Waals surface area contributed by atoms with Crippen molar-refractivity contribution in [2.24, 2.45) is 0 Å². The molecule has 2 rings (SSSR count). The van der Waals surface area contributed by atoms with E-state index in [2.05, 4.69) is 0 Å². The number of ether oxygens (including phenoxy) is 2. The van der Waals surface area contributed by atoms with E-state index in [0.717, 1.165) is 6.07 Å². The first-order chi connectivity index (χ1) is 12.6. The molecule has 0 aliphatic heterocycles. The highest BCUT2D eigenvalue weighted by Gasteiger charge is 2.24. The van der Waals surface area contributed by atoms with E-state index in [4.69, 9.17) is 26.8 Å². The van der Waals surface area contributed by atoms with Crippen LogP contribution in [-0.2, 0) is 9.53 Å². The lowest BCUT2D eigenvalue weighted by Crippen LogP contribution is -2.30. The van der Waals surface area contributed by atoms with Crippen molar-refractivity contribution in [1.82, 2.24) is 0 Å². The summed E-state index contributed by atoms with van der Waals surface area (Å²) in [5.74, 6) is -6.57. The number of methoxy groups -OCH3 is 1. The average molecular weight is 403 g/mol. The number of carbonyl (C=O) groups is 2. The van der Waals surface area contributed by atoms with Crippen molar-refractivity contribution in [1.29, 1.82) is 0 Å². The highest BCUT2D eigenvalue weighted by molar-refractivity contribution is 6.33. The molecular formula is C17H14ClF3N2O4. The fourth-order valence-corrected chi connectivity index (χ4v) is 2.20. The number of nitrogens with one attached hydrogen (secondary N) is 1. The molecule has 0 saturated heterocycles. The van der Waals surface area contributed by atoms with Crippen molar-refractivity contribution < 1.29 is 32.2 Å². The molecule has 0 fully saturated rings. The van der Waals surface area contributed by atoms with Crippen LogP contribution in [0.15, 0.2) is 24.3 Å². The van der Waals surface area contributed by atoms with Crippen LogP contribution in [0.3, 0.4) is 0 Å². The predicted octanol–water partition coefficient (Wildman–Crippen LogP) is 3.53. The number of hydrogen-bond donors (Lipinski definition) is 2. The minimum absolute atomic E-state index is 0.0705. The number of nitrogen functional groups attached to an aromatic ring is 1. The van der Waals surface area contributed by atoms with E-state index in [1.165, 1.54) is 26.2 Å². The number of hydrogen-bond acceptors (Lipinski definition) is 5. The maximum absolute atomic E-state index is 13.6. The summed E-state index contributed by atoms with van der Waals surface area (Å²) in [4.78, 5) is 24.3. The fraction of sp³-hybridized carbons (Fsp3) is 0.176. The molecule has 2 aromatic carbocycles. The lowest BCUT2D eigenvalue weighted by Gasteiger charge is -2.16. The zero-order valence-electron chi connectivity index (χ0n) is 14.1. The molecule has 0 aromatic heterocycles. The molecule has 2 aromatic rings. The highest BCUT2D eigenvalue weighted by Crippen LogP contribution is 2.29. The van der Waals surface area contributed by atoms with Crippen molar-refractivity contribution in [2.45, 2.75) is 13.0 Å². The molecule has 0 radical (unpaired) electrons. The number of benzene rings is 2. The third-order valence-electron chi connectivity index (χ3n) is 3.48. The van der Waals surface area contributed by atoms with Gasteiger partial charge in [0.1, 0.15) is 11.3 Å². The standard InChI is InChI=1S/C17H14ClF3N2O4/c1-7(16(24)23-12-4-3-10(19)14(20)15(12)21)27-17(25)8-5-9(18)11(22)6-13(8)26-2/h3-7H,22H2,1-2H3,(H,23,24)/t7-/m0/s1. The first-order valence-corrected chi connectivity index (χ1v) is 7.81. The predicted molar refractivity (Wildman–Crippen MR) is 92.2 cm³/mol. The molecule has 0 heterocycles. The second-order valence-electron chi connectivity index (χ2n) is 5.33. The topological polar surface area (TPSA) is 90.7 Å². The Bertz CT molecular complexity index is 908. The highest BCUT2D eigenvalue weighted by atomic mass is 35.5. The molecule has 0 aliphatic rings. The average Bonchev–Trinajstić information content (AvgIpc) is 2.63. The Morgan fingerprint density at radius 2 is 1.85 bits per heavy atom. The van der Waals surface area contributed by atoms with Crippen molar-refractivity contribution in [3.05, 3.63) is 52.3 Å². The zero-order chi connectivity index (χ0) is 20.3. The third kappa shape index (κ3) is 4.43. The fourth-order valence-electron chi connectivity index (χ4n) is 2.03. The molecule has 0 saturated carbocycles. The van der Waals surface area contributed by atoms with E-state index in [1.807, 2.05) is 5.32 Å². The van der Waals surface area contributed by atoms with Crippen LogP contribution >= 0.6 is 11.6 Å². The number of anilines is 2. The van der Waals surface area contributed by atoms with Gasteiger partial charge >= 0.3 is 5.97 Å². The number of amides is 1. The first-order valence-electron chi connectivity index (χ1n) is 7.44. The van der Waals surface area contributed by atoms with Gasteiger partial charge in [-0.2, -0.15) is 0 Å². The van der Waals surface area contributed by atoms with E-state index in [-0.39, 0.29) is 22.0 Å². The van der Waals surface area contributed by atoms with Crippen molar-refractivity contribution in [3.8, 4) is 5.75 Å². The van der Waals surface area contributed by atoms with E-state index in [0.29, 0.717) is 6.07 Å². The lowest BCUT2D eigenvalue weighted by atomic mass is 10.2. The van der Waals surface area contributed by atoms with Gasteiger partial charge in [0.15, 0.2) is 23.6 Å². The van der Waals surface area contributed by atoms with Crippen LogP contribution in [-0.4, -0.2) is 25.1 Å². The Hall–Kier alpha value is -2.94. The van der Waals surface area contributed by atoms with Crippen LogP contribution in [0.4, 0.5) is 24.5 Å². The van der Waals surface area contributed by atoms with Crippen LogP contribution in [0.5, 0.6) is 5.75 Å². The Balaban J connectivity index is 2.14. The molecule has 27 heavy (non-hydrogen) atoms. The number of halogens is 4. The smallest absolute Gasteiger partial charge is 0.342 e. The van der Waals surface area contributed by atoms with Gasteiger partial charge in [-0.1, -0.05) is 11.6 Å². The third-order valence-corrected chi connectivity index (χ3v) is 3.81. The van der Waals surface area contributed by atoms with Gasteiger partial charge in [-0.15, -0.1) is 0 Å². The summed E-state index contributed by atoms with van der Waals surface area (Å²) < 4.78 is 49.7. The first kappa shape index (κ1) is 20.4. The van der Waals surface area contributed by atoms with Gasteiger partial charge in [0.25, 0.3) is 5.91 Å². The summed E-state index contributed by atoms with van der Waals surface area (Å²) in [6, 6.07) is 3.99. The summed E-state index contributed by atoms with van der Waals surface area (Å²) in [5.41, 5.74) is 5.10. The molecule has 6 nitrogen and oxygen atoms in total. The largest absolute Gasteiger partial charge is 0.496 e. The Kier molecular flexibility index (Phi) is 6.17. The quantitative estimate of drug-likeness (QED) is 0.453. The molecule has 0 unspecified atom stereocenters. The number of rotatable bonds is 5. The van der Waals surface area contributed by atoms with E-state index >= 15 is 0 Å². The lowest BCUT2D eigenvalue weighted by molar-refractivity contribution is -0.123. The molecule has 144 valence electrons. The molecule has 0 bridgehead atoms. The number of nitrogens with two attached hydrogens (primary N) is 1. The monoisotopic (exact) mass is 402 g/mol. The Labute approximate surface area is 157 Å². The van der Waals surface area contributed by atoms with Crippen molar-refractivity contribution in [3.63, 3.8) is 0 Å². The van der Waals surface area contributed by atoms with Crippen LogP contribution in [0.1, 0.15) is 17.3 Å². The molecule has 1 amide bonds. The number of esters is 1. The maximum atomic E-state index is 13.6. The summed E-state index contributed by atoms with van der Waals surface area (Å²) in [6.07, 6.45) is -1.40. The molecule has 0 aliphatic carbocycles. The van der Waals surface area contributed by atoms with Crippen LogP contribution < -0.4 is 15.8 Å². The van der Waals surface area contributed by atoms with Crippen molar-refractivity contribution in [2.75, 3.05) is 18.2 Å². The minimum atomic E-state index is -1.74. The van der Waals surface area contributed by atoms with Gasteiger partial charge < -0.3 is 20.5 Å². The van der Waals surface area contributed by atoms with Gasteiger partial charge in [-0.25, -0.2) is 18.0 Å². The number of carbonyl (C=O) groups excluding carboxylic acids is 2. The van der Waals surface area contributed by atoms with Crippen molar-refractivity contribution >= 4 is 34.9 Å². The Morgan fingerprint density at radius 3 is 2.48 bits per heavy atom. The molecule has 1 atom stereocenters. The van der Waals surface area contributed by atoms with Crippen LogP contribution in [0.2, 0.25) is 5.02 Å². The van der Waals surface area contributed by atoms with E-state index in [1.54, 1.807) is 0 Å². The second kappa shape index (κ2) is 8.17. The maximum Gasteiger partial charge on any atom is 0.342 e. The van der Waals surface area contributed by atoms with Gasteiger partial charge in [0.2, 0.25) is 0 Å². The summed E-state index contributed by atoms with van der Waals surface area (Å²) in [5, 5.41) is 2.08. The van der Waals surface area contributed by atoms with Gasteiger partial charge in [0, 0.05) is 6.07 Å². The Morgan fingerprint density at radius 1 is 1.19 bits per heavy atom. The van der Waals surface area contributed by atoms with Crippen LogP contribution in [0.25, 0.3) is 0 Å². The summed E-state index contributed by atoms with van der Waals surface area (Å²) in [7, 11) is 1.29. The SMILES string of the molecule is COc1cc(N)c(Cl)cc1C(=O)O[C@@H](C)C(=O)Nc1ccc(F)c(F)c1F. The van der Waals surface area contributed by atoms with E-state index < -0.39 is 41.1 Å². The van der Waals surface area contributed by atoms with Gasteiger partial charge in [0.05, 0.1) is 23.5 Å². The molecule has 10 heteroatoms. The normalized spacial score (nSPS) is 11.6. The molecule has 3 N–H and O–H groups in total. The van der Waals surface area contributed by atoms with Gasteiger partial charge in [-0.3, -0.25) is 4.79 Å².